The molecule has 1 spiro atoms. The number of nitrogens with one attached hydrogen (secondary N) is 1. The Morgan fingerprint density at radius 3 is 2.96 bits per heavy atom. The van der Waals surface area contributed by atoms with Crippen LogP contribution in [0.1, 0.15) is 36.0 Å². The van der Waals surface area contributed by atoms with Crippen LogP contribution in [0.25, 0.3) is 0 Å². The Morgan fingerprint density at radius 1 is 1.26 bits per heavy atom. The van der Waals surface area contributed by atoms with Crippen LogP contribution < -0.4 is 14.8 Å². The number of rotatable bonds is 4. The van der Waals surface area contributed by atoms with E-state index < -0.39 is 5.60 Å². The largest absolute Gasteiger partial charge is 0.454 e. The van der Waals surface area contributed by atoms with E-state index in [0.717, 1.165) is 0 Å². The van der Waals surface area contributed by atoms with Crippen molar-refractivity contribution >= 4 is 17.5 Å². The molecule has 142 valence electrons. The maximum Gasteiger partial charge on any atom is 0.269 e. The van der Waals surface area contributed by atoms with Gasteiger partial charge < -0.3 is 24.5 Å². The molecule has 4 aliphatic rings. The molecule has 8 nitrogen and oxygen atoms in total. The summed E-state index contributed by atoms with van der Waals surface area (Å²) in [6.45, 7) is 1.87. The highest BCUT2D eigenvalue weighted by Gasteiger charge is 2.48. The average Bonchev–Trinajstić information content (AvgIpc) is 3.09. The number of ether oxygens (including phenoxy) is 2. The molecule has 0 radical (unpaired) electrons. The van der Waals surface area contributed by atoms with E-state index in [1.54, 1.807) is 23.1 Å². The quantitative estimate of drug-likeness (QED) is 0.862. The molecular weight excluding hydrogens is 350 g/mol. The lowest BCUT2D eigenvalue weighted by atomic mass is 9.96. The van der Waals surface area contributed by atoms with E-state index >= 15 is 0 Å². The van der Waals surface area contributed by atoms with E-state index in [-0.39, 0.29) is 18.6 Å². The lowest BCUT2D eigenvalue weighted by Gasteiger charge is -2.21. The molecule has 1 aliphatic carbocycles. The van der Waals surface area contributed by atoms with Crippen LogP contribution in [-0.2, 0) is 9.63 Å². The Kier molecular flexibility index (Phi) is 3.73. The number of hydrogen-bond donors (Lipinski definition) is 1. The minimum absolute atomic E-state index is 0.0830. The van der Waals surface area contributed by atoms with Crippen molar-refractivity contribution in [2.24, 2.45) is 11.1 Å². The number of carbonyl (C=O) groups excluding carboxylic acids is 2. The summed E-state index contributed by atoms with van der Waals surface area (Å²) < 4.78 is 10.6. The van der Waals surface area contributed by atoms with Gasteiger partial charge in [0.15, 0.2) is 17.1 Å². The molecule has 3 heterocycles. The molecule has 1 saturated carbocycles. The molecule has 0 unspecified atom stereocenters. The second-order valence-electron chi connectivity index (χ2n) is 7.69. The van der Waals surface area contributed by atoms with E-state index in [0.29, 0.717) is 61.2 Å². The van der Waals surface area contributed by atoms with E-state index in [4.69, 9.17) is 14.3 Å². The van der Waals surface area contributed by atoms with Crippen molar-refractivity contribution in [2.75, 3.05) is 26.4 Å². The number of hydrogen-bond acceptors (Lipinski definition) is 6. The van der Waals surface area contributed by atoms with Gasteiger partial charge in [0.05, 0.1) is 6.54 Å². The van der Waals surface area contributed by atoms with Crippen molar-refractivity contribution in [3.8, 4) is 11.5 Å². The van der Waals surface area contributed by atoms with Crippen molar-refractivity contribution in [1.29, 1.82) is 0 Å². The van der Waals surface area contributed by atoms with Crippen LogP contribution in [0.5, 0.6) is 11.5 Å². The Labute approximate surface area is 156 Å². The molecule has 5 rings (SSSR count). The van der Waals surface area contributed by atoms with Crippen LogP contribution >= 0.6 is 0 Å². The minimum atomic E-state index is -0.585. The zero-order valence-corrected chi connectivity index (χ0v) is 14.9. The van der Waals surface area contributed by atoms with E-state index in [2.05, 4.69) is 10.5 Å². The number of amides is 2. The maximum absolute atomic E-state index is 12.8. The Bertz CT molecular complexity index is 835. The van der Waals surface area contributed by atoms with Crippen LogP contribution in [0.15, 0.2) is 23.4 Å². The molecule has 2 fully saturated rings. The highest BCUT2D eigenvalue weighted by molar-refractivity contribution is 6.39. The lowest BCUT2D eigenvalue weighted by Crippen LogP contribution is -2.38. The molecule has 1 aromatic rings. The van der Waals surface area contributed by atoms with Crippen LogP contribution in [0.4, 0.5) is 0 Å². The van der Waals surface area contributed by atoms with Gasteiger partial charge in [0.1, 0.15) is 5.71 Å². The summed E-state index contributed by atoms with van der Waals surface area (Å²) in [5, 5.41) is 6.93. The fourth-order valence-electron chi connectivity index (χ4n) is 3.75. The third-order valence-corrected chi connectivity index (χ3v) is 5.57. The molecule has 2 amide bonds. The number of fused-ring (bicyclic) bond motifs is 1. The Hall–Kier alpha value is -2.77. The zero-order chi connectivity index (χ0) is 18.4. The molecule has 1 saturated heterocycles. The molecule has 1 atom stereocenters. The van der Waals surface area contributed by atoms with Gasteiger partial charge in [-0.05, 0) is 37.0 Å². The van der Waals surface area contributed by atoms with Gasteiger partial charge in [0.25, 0.3) is 11.8 Å². The first-order valence-corrected chi connectivity index (χ1v) is 9.34. The number of oxime groups is 1. The van der Waals surface area contributed by atoms with Gasteiger partial charge in [-0.1, -0.05) is 5.16 Å². The molecule has 1 N–H and O–H groups in total. The predicted octanol–water partition coefficient (Wildman–Crippen LogP) is 1.30. The molecule has 0 aromatic heterocycles. The van der Waals surface area contributed by atoms with Crippen molar-refractivity contribution in [3.63, 3.8) is 0 Å². The summed E-state index contributed by atoms with van der Waals surface area (Å²) in [5.41, 5.74) is 0.392. The van der Waals surface area contributed by atoms with Crippen LogP contribution in [0.2, 0.25) is 0 Å². The van der Waals surface area contributed by atoms with Crippen molar-refractivity contribution < 1.29 is 23.9 Å². The van der Waals surface area contributed by atoms with Crippen molar-refractivity contribution in [3.05, 3.63) is 23.8 Å². The van der Waals surface area contributed by atoms with E-state index in [1.165, 1.54) is 12.8 Å². The molecule has 0 bridgehead atoms. The second-order valence-corrected chi connectivity index (χ2v) is 7.69. The van der Waals surface area contributed by atoms with Crippen molar-refractivity contribution in [2.45, 2.75) is 31.3 Å². The molecular formula is C19H21N3O5. The Balaban J connectivity index is 1.21. The number of carbonyl (C=O) groups is 2. The summed E-state index contributed by atoms with van der Waals surface area (Å²) >= 11 is 0. The van der Waals surface area contributed by atoms with Gasteiger partial charge in [-0.15, -0.1) is 0 Å². The first kappa shape index (κ1) is 16.4. The first-order chi connectivity index (χ1) is 13.1. The monoisotopic (exact) mass is 371 g/mol. The summed E-state index contributed by atoms with van der Waals surface area (Å²) in [5.74, 6) is 1.62. The molecule has 1 aromatic carbocycles. The zero-order valence-electron chi connectivity index (χ0n) is 14.9. The molecule has 27 heavy (non-hydrogen) atoms. The third kappa shape index (κ3) is 3.09. The average molecular weight is 371 g/mol. The normalized spacial score (nSPS) is 25.5. The topological polar surface area (TPSA) is 89.5 Å². The number of nitrogens with zero attached hydrogens (tertiary/aromatic N) is 2. The maximum atomic E-state index is 12.8. The van der Waals surface area contributed by atoms with Gasteiger partial charge >= 0.3 is 0 Å². The highest BCUT2D eigenvalue weighted by atomic mass is 16.7. The molecule has 3 aliphatic heterocycles. The third-order valence-electron chi connectivity index (χ3n) is 5.57. The standard InChI is InChI=1S/C19H21N3O5/c23-17(20-9-12-1-2-12)14-8-19(27-21-14)5-6-22(10-19)18(24)13-3-4-15-16(7-13)26-11-25-15/h3-4,7,12H,1-2,5-6,8-11H2,(H,20,23)/t19-/m0/s1. The highest BCUT2D eigenvalue weighted by Crippen LogP contribution is 2.36. The summed E-state index contributed by atoms with van der Waals surface area (Å²) in [6.07, 6.45) is 3.47. The number of benzene rings is 1. The fraction of sp³-hybridized carbons (Fsp3) is 0.526. The van der Waals surface area contributed by atoms with E-state index in [9.17, 15) is 9.59 Å². The van der Waals surface area contributed by atoms with Gasteiger partial charge in [-0.2, -0.15) is 0 Å². The smallest absolute Gasteiger partial charge is 0.269 e. The Morgan fingerprint density at radius 2 is 2.11 bits per heavy atom. The van der Waals surface area contributed by atoms with Crippen molar-refractivity contribution in [1.82, 2.24) is 10.2 Å². The SMILES string of the molecule is O=C(NCC1CC1)C1=NO[C@@]2(CCN(C(=O)c3ccc4c(c3)OCO4)C2)C1. The van der Waals surface area contributed by atoms with Gasteiger partial charge in [0.2, 0.25) is 6.79 Å². The lowest BCUT2D eigenvalue weighted by molar-refractivity contribution is -0.115. The van der Waals surface area contributed by atoms with Gasteiger partial charge in [0, 0.05) is 31.5 Å². The van der Waals surface area contributed by atoms with Crippen LogP contribution in [0, 0.1) is 5.92 Å². The second kappa shape index (κ2) is 6.14. The first-order valence-electron chi connectivity index (χ1n) is 9.34. The van der Waals surface area contributed by atoms with Crippen LogP contribution in [0.3, 0.4) is 0 Å². The van der Waals surface area contributed by atoms with Gasteiger partial charge in [-0.25, -0.2) is 0 Å². The summed E-state index contributed by atoms with van der Waals surface area (Å²) in [6, 6.07) is 5.20. The van der Waals surface area contributed by atoms with E-state index in [1.807, 2.05) is 0 Å². The number of likely N-dealkylation sites (tertiary alicyclic amines) is 1. The predicted molar refractivity (Wildman–Crippen MR) is 94.7 cm³/mol. The summed E-state index contributed by atoms with van der Waals surface area (Å²) in [7, 11) is 0. The molecule has 8 heteroatoms. The summed E-state index contributed by atoms with van der Waals surface area (Å²) in [4.78, 5) is 32.5. The van der Waals surface area contributed by atoms with Gasteiger partial charge in [-0.3, -0.25) is 9.59 Å². The van der Waals surface area contributed by atoms with Crippen LogP contribution in [-0.4, -0.2) is 54.5 Å². The minimum Gasteiger partial charge on any atom is -0.454 e. The fourth-order valence-corrected chi connectivity index (χ4v) is 3.75.